The van der Waals surface area contributed by atoms with E-state index >= 15 is 0 Å². The molecule has 0 saturated carbocycles. The van der Waals surface area contributed by atoms with Gasteiger partial charge in [0.05, 0.1) is 11.7 Å². The van der Waals surface area contributed by atoms with Crippen molar-refractivity contribution in [3.63, 3.8) is 0 Å². The molecule has 1 saturated heterocycles. The minimum atomic E-state index is -0.366. The monoisotopic (exact) mass is 560 g/mol. The highest BCUT2D eigenvalue weighted by Crippen LogP contribution is 2.26. The molecule has 2 heterocycles. The highest BCUT2D eigenvalue weighted by molar-refractivity contribution is 5.87. The van der Waals surface area contributed by atoms with Crippen molar-refractivity contribution in [2.45, 2.75) is 32.5 Å². The molecule has 1 aliphatic heterocycles. The van der Waals surface area contributed by atoms with Gasteiger partial charge in [0.1, 0.15) is 12.4 Å². The Bertz CT molecular complexity index is 1710. The zero-order valence-corrected chi connectivity index (χ0v) is 24.1. The Morgan fingerprint density at radius 3 is 2.19 bits per heavy atom. The van der Waals surface area contributed by atoms with Gasteiger partial charge < -0.3 is 10.2 Å². The Labute approximate surface area is 245 Å². The van der Waals surface area contributed by atoms with Gasteiger partial charge in [-0.25, -0.2) is 14.0 Å². The topological polar surface area (TPSA) is 75.4 Å². The molecule has 6 rings (SSSR count). The number of hydrogen-bond acceptors (Lipinski definition) is 5. The average Bonchev–Trinajstić information content (AvgIpc) is 3.42. The maximum atomic E-state index is 13.7. The van der Waals surface area contributed by atoms with E-state index in [9.17, 15) is 9.59 Å². The number of hydrogen-bond donors (Lipinski definition) is 1. The molecule has 0 radical (unpaired) electrons. The van der Waals surface area contributed by atoms with E-state index in [0.29, 0.717) is 6.54 Å². The van der Waals surface area contributed by atoms with E-state index in [-0.39, 0.29) is 23.7 Å². The molecule has 0 bridgehead atoms. The van der Waals surface area contributed by atoms with E-state index in [4.69, 9.17) is 0 Å². The highest BCUT2D eigenvalue weighted by atomic mass is 16.2. The summed E-state index contributed by atoms with van der Waals surface area (Å²) in [6.07, 6.45) is 1.57. The quantitative estimate of drug-likeness (QED) is 0.291. The molecule has 0 aliphatic carbocycles. The first kappa shape index (κ1) is 27.5. The lowest BCUT2D eigenvalue weighted by Crippen LogP contribution is -2.51. The number of carbonyl (C=O) groups is 1. The summed E-state index contributed by atoms with van der Waals surface area (Å²) in [6.45, 7) is 7.47. The summed E-state index contributed by atoms with van der Waals surface area (Å²) in [5, 5.41) is 9.80. The van der Waals surface area contributed by atoms with Crippen LogP contribution in [0.3, 0.4) is 0 Å². The van der Waals surface area contributed by atoms with Gasteiger partial charge in [-0.3, -0.25) is 9.69 Å². The van der Waals surface area contributed by atoms with Gasteiger partial charge in [0.25, 0.3) is 0 Å². The summed E-state index contributed by atoms with van der Waals surface area (Å²) in [5.74, 6) is 0.0133. The van der Waals surface area contributed by atoms with E-state index in [1.807, 2.05) is 74.5 Å². The maximum Gasteiger partial charge on any atom is 0.350 e. The Kier molecular flexibility index (Phi) is 7.88. The largest absolute Gasteiger partial charge is 0.369 e. The van der Waals surface area contributed by atoms with Crippen molar-refractivity contribution in [2.24, 2.45) is 0 Å². The minimum Gasteiger partial charge on any atom is -0.369 e. The van der Waals surface area contributed by atoms with Crippen LogP contribution in [-0.4, -0.2) is 51.3 Å². The van der Waals surface area contributed by atoms with Crippen molar-refractivity contribution in [3.05, 3.63) is 125 Å². The molecular weight excluding hydrogens is 524 g/mol. The summed E-state index contributed by atoms with van der Waals surface area (Å²) in [7, 11) is 0. The van der Waals surface area contributed by atoms with Gasteiger partial charge in [-0.05, 0) is 60.0 Å². The molecule has 1 aliphatic rings. The van der Waals surface area contributed by atoms with Crippen LogP contribution in [-0.2, 0) is 11.3 Å². The number of aromatic nitrogens is 3. The second-order valence-corrected chi connectivity index (χ2v) is 11.0. The van der Waals surface area contributed by atoms with Crippen molar-refractivity contribution in [3.8, 4) is 5.69 Å². The van der Waals surface area contributed by atoms with Gasteiger partial charge in [0.2, 0.25) is 5.91 Å². The number of nitrogens with one attached hydrogen (secondary N) is 1. The number of benzene rings is 4. The predicted molar refractivity (Wildman–Crippen MR) is 167 cm³/mol. The standard InChI is InChI=1S/C34H36N6O2/c1-25(2)40-34(42)39(24-36-40)30-17-15-29(16-18-30)37-19-21-38(22-20-37)32(27-10-4-3-5-11-27)33(41)35-23-28-13-8-12-26-9-6-7-14-31(26)28/h3-18,24-25,32H,19-23H2,1-2H3,(H,35,41). The lowest BCUT2D eigenvalue weighted by atomic mass is 10.0. The molecule has 8 nitrogen and oxygen atoms in total. The van der Waals surface area contributed by atoms with E-state index in [0.717, 1.165) is 54.1 Å². The number of fused-ring (bicyclic) bond motifs is 1. The lowest BCUT2D eigenvalue weighted by Gasteiger charge is -2.39. The van der Waals surface area contributed by atoms with Crippen molar-refractivity contribution in [1.29, 1.82) is 0 Å². The van der Waals surface area contributed by atoms with Crippen LogP contribution in [0.1, 0.15) is 37.1 Å². The number of anilines is 1. The van der Waals surface area contributed by atoms with Crippen LogP contribution in [0.5, 0.6) is 0 Å². The fourth-order valence-electron chi connectivity index (χ4n) is 5.80. The van der Waals surface area contributed by atoms with Crippen molar-refractivity contribution in [1.82, 2.24) is 24.6 Å². The molecule has 42 heavy (non-hydrogen) atoms. The van der Waals surface area contributed by atoms with Crippen molar-refractivity contribution < 1.29 is 4.79 Å². The van der Waals surface area contributed by atoms with Crippen molar-refractivity contribution in [2.75, 3.05) is 31.1 Å². The molecule has 5 aromatic rings. The van der Waals surface area contributed by atoms with Gasteiger partial charge in [-0.2, -0.15) is 5.10 Å². The second kappa shape index (κ2) is 12.0. The van der Waals surface area contributed by atoms with Crippen LogP contribution in [0.2, 0.25) is 0 Å². The Hall–Kier alpha value is -4.69. The molecular formula is C34H36N6O2. The number of amides is 1. The SMILES string of the molecule is CC(C)n1ncn(-c2ccc(N3CCN(C(C(=O)NCc4cccc5ccccc45)c4ccccc4)CC3)cc2)c1=O. The number of piperazine rings is 1. The van der Waals surface area contributed by atoms with Crippen LogP contribution in [0.4, 0.5) is 5.69 Å². The first-order valence-corrected chi connectivity index (χ1v) is 14.5. The summed E-state index contributed by atoms with van der Waals surface area (Å²) in [5.41, 5.74) is 3.86. The van der Waals surface area contributed by atoms with E-state index < -0.39 is 0 Å². The van der Waals surface area contributed by atoms with Crippen LogP contribution < -0.4 is 15.9 Å². The molecule has 1 atom stereocenters. The molecule has 1 N–H and O–H groups in total. The minimum absolute atomic E-state index is 0.00864. The summed E-state index contributed by atoms with van der Waals surface area (Å²) >= 11 is 0. The summed E-state index contributed by atoms with van der Waals surface area (Å²) in [4.78, 5) is 31.0. The van der Waals surface area contributed by atoms with Gasteiger partial charge in [0.15, 0.2) is 0 Å². The van der Waals surface area contributed by atoms with Gasteiger partial charge in [-0.15, -0.1) is 0 Å². The number of rotatable bonds is 8. The third kappa shape index (κ3) is 5.58. The molecule has 1 aromatic heterocycles. The van der Waals surface area contributed by atoms with Crippen LogP contribution >= 0.6 is 0 Å². The molecule has 8 heteroatoms. The fourth-order valence-corrected chi connectivity index (χ4v) is 5.80. The molecule has 1 unspecified atom stereocenters. The van der Waals surface area contributed by atoms with E-state index in [1.165, 1.54) is 10.1 Å². The lowest BCUT2D eigenvalue weighted by molar-refractivity contribution is -0.127. The summed E-state index contributed by atoms with van der Waals surface area (Å²) < 4.78 is 3.05. The Morgan fingerprint density at radius 1 is 0.810 bits per heavy atom. The molecule has 214 valence electrons. The Morgan fingerprint density at radius 2 is 1.48 bits per heavy atom. The molecule has 4 aromatic carbocycles. The first-order chi connectivity index (χ1) is 20.5. The van der Waals surface area contributed by atoms with E-state index in [2.05, 4.69) is 56.6 Å². The van der Waals surface area contributed by atoms with Crippen LogP contribution in [0.15, 0.2) is 108 Å². The summed E-state index contributed by atoms with van der Waals surface area (Å²) in [6, 6.07) is 32.2. The zero-order valence-electron chi connectivity index (χ0n) is 24.1. The fraction of sp³-hybridized carbons (Fsp3) is 0.265. The van der Waals surface area contributed by atoms with Crippen LogP contribution in [0, 0.1) is 0 Å². The highest BCUT2D eigenvalue weighted by Gasteiger charge is 2.30. The second-order valence-electron chi connectivity index (χ2n) is 11.0. The number of nitrogens with zero attached hydrogens (tertiary/aromatic N) is 5. The molecule has 1 fully saturated rings. The third-order valence-corrected chi connectivity index (χ3v) is 8.05. The Balaban J connectivity index is 1.14. The van der Waals surface area contributed by atoms with Gasteiger partial charge in [-0.1, -0.05) is 72.8 Å². The predicted octanol–water partition coefficient (Wildman–Crippen LogP) is 4.95. The molecule has 1 amide bonds. The third-order valence-electron chi connectivity index (χ3n) is 8.05. The zero-order chi connectivity index (χ0) is 29.1. The van der Waals surface area contributed by atoms with E-state index in [1.54, 1.807) is 10.9 Å². The smallest absolute Gasteiger partial charge is 0.350 e. The van der Waals surface area contributed by atoms with Crippen LogP contribution in [0.25, 0.3) is 16.5 Å². The first-order valence-electron chi connectivity index (χ1n) is 14.5. The average molecular weight is 561 g/mol. The van der Waals surface area contributed by atoms with Gasteiger partial charge >= 0.3 is 5.69 Å². The number of carbonyl (C=O) groups excluding carboxylic acids is 1. The maximum absolute atomic E-state index is 13.7. The van der Waals surface area contributed by atoms with Gasteiger partial charge in [0, 0.05) is 38.4 Å². The molecule has 0 spiro atoms. The normalized spacial score (nSPS) is 14.8. The van der Waals surface area contributed by atoms with Crippen molar-refractivity contribution >= 4 is 22.4 Å².